The Bertz CT molecular complexity index is 230. The van der Waals surface area contributed by atoms with Crippen molar-refractivity contribution in [1.29, 1.82) is 0 Å². The highest BCUT2D eigenvalue weighted by Gasteiger charge is 2.16. The standard InChI is InChI=1S/C11H21NO3/c1-8(7-13)6-9(2)12-10(14)15-11(3,4)5/h8,13H,2,6-7H2,1,3-5H3,(H,12,14). The van der Waals surface area contributed by atoms with Crippen molar-refractivity contribution in [3.05, 3.63) is 12.3 Å². The zero-order valence-electron chi connectivity index (χ0n) is 9.96. The second-order valence-electron chi connectivity index (χ2n) is 4.72. The molecule has 2 N–H and O–H groups in total. The van der Waals surface area contributed by atoms with Gasteiger partial charge in [-0.25, -0.2) is 4.79 Å². The molecule has 0 aromatic carbocycles. The van der Waals surface area contributed by atoms with Crippen molar-refractivity contribution in [2.24, 2.45) is 5.92 Å². The van der Waals surface area contributed by atoms with Gasteiger partial charge in [0.15, 0.2) is 0 Å². The van der Waals surface area contributed by atoms with Gasteiger partial charge < -0.3 is 9.84 Å². The van der Waals surface area contributed by atoms with E-state index < -0.39 is 11.7 Å². The first kappa shape index (κ1) is 14.0. The highest BCUT2D eigenvalue weighted by atomic mass is 16.6. The normalized spacial score (nSPS) is 13.1. The summed E-state index contributed by atoms with van der Waals surface area (Å²) in [5.41, 5.74) is 0.0539. The van der Waals surface area contributed by atoms with E-state index in [1.54, 1.807) is 20.8 Å². The maximum Gasteiger partial charge on any atom is 0.411 e. The maximum atomic E-state index is 11.3. The Morgan fingerprint density at radius 2 is 2.07 bits per heavy atom. The van der Waals surface area contributed by atoms with Gasteiger partial charge in [0.1, 0.15) is 5.60 Å². The molecule has 0 aromatic heterocycles. The monoisotopic (exact) mass is 215 g/mol. The topological polar surface area (TPSA) is 58.6 Å². The second kappa shape index (κ2) is 5.75. The molecule has 0 saturated carbocycles. The van der Waals surface area contributed by atoms with Gasteiger partial charge in [0.05, 0.1) is 0 Å². The SMILES string of the molecule is C=C(CC(C)CO)NC(=O)OC(C)(C)C. The smallest absolute Gasteiger partial charge is 0.411 e. The van der Waals surface area contributed by atoms with Gasteiger partial charge in [-0.3, -0.25) is 5.32 Å². The van der Waals surface area contributed by atoms with Crippen LogP contribution in [-0.2, 0) is 4.74 Å². The van der Waals surface area contributed by atoms with Crippen molar-refractivity contribution in [2.75, 3.05) is 6.61 Å². The van der Waals surface area contributed by atoms with Gasteiger partial charge in [0.25, 0.3) is 0 Å². The van der Waals surface area contributed by atoms with Crippen molar-refractivity contribution in [3.8, 4) is 0 Å². The molecule has 0 aliphatic rings. The van der Waals surface area contributed by atoms with Crippen LogP contribution in [0.5, 0.6) is 0 Å². The molecule has 1 atom stereocenters. The lowest BCUT2D eigenvalue weighted by atomic mass is 10.1. The van der Waals surface area contributed by atoms with Crippen LogP contribution in [-0.4, -0.2) is 23.4 Å². The Morgan fingerprint density at radius 1 is 1.53 bits per heavy atom. The van der Waals surface area contributed by atoms with E-state index in [-0.39, 0.29) is 12.5 Å². The average Bonchev–Trinajstić information content (AvgIpc) is 1.99. The minimum Gasteiger partial charge on any atom is -0.444 e. The Labute approximate surface area is 91.3 Å². The summed E-state index contributed by atoms with van der Waals surface area (Å²) in [5.74, 6) is 0.0902. The number of nitrogens with one attached hydrogen (secondary N) is 1. The molecule has 1 unspecified atom stereocenters. The molecule has 88 valence electrons. The van der Waals surface area contributed by atoms with Gasteiger partial charge in [-0.05, 0) is 33.1 Å². The summed E-state index contributed by atoms with van der Waals surface area (Å²) in [6, 6.07) is 0. The van der Waals surface area contributed by atoms with Gasteiger partial charge in [-0.15, -0.1) is 0 Å². The molecule has 4 nitrogen and oxygen atoms in total. The molecule has 0 saturated heterocycles. The van der Waals surface area contributed by atoms with Gasteiger partial charge in [-0.2, -0.15) is 0 Å². The van der Waals surface area contributed by atoms with Crippen molar-refractivity contribution in [1.82, 2.24) is 5.32 Å². The molecule has 0 aliphatic carbocycles. The predicted molar refractivity (Wildman–Crippen MR) is 59.4 cm³/mol. The Morgan fingerprint density at radius 3 is 2.47 bits per heavy atom. The third-order valence-corrected chi connectivity index (χ3v) is 1.58. The molecule has 0 radical (unpaired) electrons. The number of hydrogen-bond donors (Lipinski definition) is 2. The largest absolute Gasteiger partial charge is 0.444 e. The molecule has 15 heavy (non-hydrogen) atoms. The summed E-state index contributed by atoms with van der Waals surface area (Å²) < 4.78 is 5.05. The lowest BCUT2D eigenvalue weighted by Crippen LogP contribution is -2.32. The summed E-state index contributed by atoms with van der Waals surface area (Å²) in [7, 11) is 0. The van der Waals surface area contributed by atoms with E-state index in [1.165, 1.54) is 0 Å². The second-order valence-corrected chi connectivity index (χ2v) is 4.72. The lowest BCUT2D eigenvalue weighted by Gasteiger charge is -2.20. The maximum absolute atomic E-state index is 11.3. The van der Waals surface area contributed by atoms with Crippen molar-refractivity contribution >= 4 is 6.09 Å². The first-order valence-corrected chi connectivity index (χ1v) is 5.03. The minimum atomic E-state index is -0.507. The molecular formula is C11H21NO3. The van der Waals surface area contributed by atoms with Crippen molar-refractivity contribution < 1.29 is 14.6 Å². The molecule has 0 spiro atoms. The van der Waals surface area contributed by atoms with Crippen LogP contribution in [0.3, 0.4) is 0 Å². The Balaban J connectivity index is 3.92. The number of carbonyl (C=O) groups is 1. The molecule has 0 heterocycles. The number of hydrogen-bond acceptors (Lipinski definition) is 3. The molecule has 1 amide bonds. The number of aliphatic hydroxyl groups is 1. The number of amides is 1. The molecular weight excluding hydrogens is 194 g/mol. The zero-order chi connectivity index (χ0) is 12.1. The predicted octanol–water partition coefficient (Wildman–Crippen LogP) is 2.04. The Kier molecular flexibility index (Phi) is 5.36. The van der Waals surface area contributed by atoms with E-state index in [0.717, 1.165) is 0 Å². The van der Waals surface area contributed by atoms with Crippen LogP contribution in [0.15, 0.2) is 12.3 Å². The third-order valence-electron chi connectivity index (χ3n) is 1.58. The first-order chi connectivity index (χ1) is 6.74. The highest BCUT2D eigenvalue weighted by Crippen LogP contribution is 2.09. The third kappa shape index (κ3) is 8.00. The minimum absolute atomic E-state index is 0.0784. The first-order valence-electron chi connectivity index (χ1n) is 5.03. The highest BCUT2D eigenvalue weighted by molar-refractivity contribution is 5.69. The van der Waals surface area contributed by atoms with Crippen LogP contribution in [0.2, 0.25) is 0 Å². The molecule has 0 aromatic rings. The number of carbonyl (C=O) groups excluding carboxylic acids is 1. The fourth-order valence-electron chi connectivity index (χ4n) is 0.984. The van der Waals surface area contributed by atoms with Crippen molar-refractivity contribution in [3.63, 3.8) is 0 Å². The van der Waals surface area contributed by atoms with Crippen LogP contribution < -0.4 is 5.32 Å². The quantitative estimate of drug-likeness (QED) is 0.754. The van der Waals surface area contributed by atoms with Gasteiger partial charge in [0.2, 0.25) is 0 Å². The van der Waals surface area contributed by atoms with Crippen LogP contribution in [0.4, 0.5) is 4.79 Å². The van der Waals surface area contributed by atoms with E-state index in [2.05, 4.69) is 11.9 Å². The number of ether oxygens (including phenoxy) is 1. The number of alkyl carbamates (subject to hydrolysis) is 1. The van der Waals surface area contributed by atoms with Crippen LogP contribution in [0.1, 0.15) is 34.1 Å². The summed E-state index contributed by atoms with van der Waals surface area (Å²) in [6.45, 7) is 11.0. The van der Waals surface area contributed by atoms with Gasteiger partial charge in [-0.1, -0.05) is 13.5 Å². The molecule has 4 heteroatoms. The fraction of sp³-hybridized carbons (Fsp3) is 0.727. The van der Waals surface area contributed by atoms with Crippen LogP contribution in [0.25, 0.3) is 0 Å². The molecule has 0 fully saturated rings. The van der Waals surface area contributed by atoms with E-state index >= 15 is 0 Å². The van der Waals surface area contributed by atoms with E-state index in [1.807, 2.05) is 6.92 Å². The van der Waals surface area contributed by atoms with E-state index in [9.17, 15) is 4.79 Å². The molecule has 0 bridgehead atoms. The molecule has 0 rings (SSSR count). The number of rotatable bonds is 4. The van der Waals surface area contributed by atoms with Crippen LogP contribution >= 0.6 is 0 Å². The fourth-order valence-corrected chi connectivity index (χ4v) is 0.984. The van der Waals surface area contributed by atoms with E-state index in [4.69, 9.17) is 9.84 Å². The van der Waals surface area contributed by atoms with Crippen molar-refractivity contribution in [2.45, 2.75) is 39.7 Å². The van der Waals surface area contributed by atoms with E-state index in [0.29, 0.717) is 12.1 Å². The summed E-state index contributed by atoms with van der Waals surface area (Å²) >= 11 is 0. The van der Waals surface area contributed by atoms with Gasteiger partial charge >= 0.3 is 6.09 Å². The summed E-state index contributed by atoms with van der Waals surface area (Å²) in [5, 5.41) is 11.4. The van der Waals surface area contributed by atoms with Gasteiger partial charge in [0, 0.05) is 12.3 Å². The zero-order valence-corrected chi connectivity index (χ0v) is 9.96. The summed E-state index contributed by atoms with van der Waals surface area (Å²) in [4.78, 5) is 11.3. The number of aliphatic hydroxyl groups excluding tert-OH is 1. The summed E-state index contributed by atoms with van der Waals surface area (Å²) in [6.07, 6.45) is 0.0491. The van der Waals surface area contributed by atoms with Crippen LogP contribution in [0, 0.1) is 5.92 Å². The molecule has 0 aliphatic heterocycles. The lowest BCUT2D eigenvalue weighted by molar-refractivity contribution is 0.0542. The average molecular weight is 215 g/mol. The Hall–Kier alpha value is -1.03. The number of allylic oxidation sites excluding steroid dienone is 1.